The highest BCUT2D eigenvalue weighted by molar-refractivity contribution is 4.75. The molecule has 0 aromatic heterocycles. The second-order valence-corrected chi connectivity index (χ2v) is 6.77. The van der Waals surface area contributed by atoms with Gasteiger partial charge >= 0.3 is 0 Å². The first-order valence-electron chi connectivity index (χ1n) is 8.80. The van der Waals surface area contributed by atoms with Crippen LogP contribution in [0.25, 0.3) is 0 Å². The Kier molecular flexibility index (Phi) is 7.23. The number of nitrogens with zero attached hydrogens (tertiary/aromatic N) is 1. The van der Waals surface area contributed by atoms with Crippen molar-refractivity contribution < 1.29 is 0 Å². The van der Waals surface area contributed by atoms with E-state index in [4.69, 9.17) is 0 Å². The minimum Gasteiger partial charge on any atom is -0.313 e. The van der Waals surface area contributed by atoms with Crippen LogP contribution in [0.4, 0.5) is 0 Å². The summed E-state index contributed by atoms with van der Waals surface area (Å²) >= 11 is 0. The molecule has 2 aliphatic rings. The van der Waals surface area contributed by atoms with E-state index in [1.807, 2.05) is 0 Å². The number of hydrogen-bond acceptors (Lipinski definition) is 2. The Morgan fingerprint density at radius 3 is 1.89 bits per heavy atom. The standard InChI is InChI=1S/C17H34N2/c1-19(17-12-8-4-5-9-13-17)15-14-18-16-10-6-2-3-7-11-16/h16-18H,2-15H2,1H3. The Labute approximate surface area is 120 Å². The molecule has 0 aromatic carbocycles. The van der Waals surface area contributed by atoms with Crippen LogP contribution in [0.5, 0.6) is 0 Å². The van der Waals surface area contributed by atoms with Gasteiger partial charge in [-0.3, -0.25) is 0 Å². The minimum absolute atomic E-state index is 0.810. The van der Waals surface area contributed by atoms with Crippen molar-refractivity contribution in [3.05, 3.63) is 0 Å². The number of rotatable bonds is 5. The normalized spacial score (nSPS) is 24.3. The quantitative estimate of drug-likeness (QED) is 0.758. The van der Waals surface area contributed by atoms with Crippen molar-refractivity contribution in [2.75, 3.05) is 20.1 Å². The molecule has 2 saturated carbocycles. The van der Waals surface area contributed by atoms with Gasteiger partial charge in [-0.25, -0.2) is 0 Å². The smallest absolute Gasteiger partial charge is 0.0107 e. The molecule has 0 bridgehead atoms. The highest BCUT2D eigenvalue weighted by Gasteiger charge is 2.17. The summed E-state index contributed by atoms with van der Waals surface area (Å²) in [6, 6.07) is 1.67. The molecule has 0 radical (unpaired) electrons. The van der Waals surface area contributed by atoms with Gasteiger partial charge in [0.1, 0.15) is 0 Å². The van der Waals surface area contributed by atoms with E-state index >= 15 is 0 Å². The first-order valence-corrected chi connectivity index (χ1v) is 8.80. The monoisotopic (exact) mass is 266 g/mol. The molecule has 2 fully saturated rings. The molecule has 2 rings (SSSR count). The number of hydrogen-bond donors (Lipinski definition) is 1. The van der Waals surface area contributed by atoms with Crippen LogP contribution in [0.1, 0.15) is 77.0 Å². The van der Waals surface area contributed by atoms with Crippen molar-refractivity contribution in [3.8, 4) is 0 Å². The highest BCUT2D eigenvalue weighted by Crippen LogP contribution is 2.21. The van der Waals surface area contributed by atoms with Gasteiger partial charge in [0.05, 0.1) is 0 Å². The van der Waals surface area contributed by atoms with Crippen LogP contribution < -0.4 is 5.32 Å². The van der Waals surface area contributed by atoms with Gasteiger partial charge in [0.25, 0.3) is 0 Å². The molecule has 1 N–H and O–H groups in total. The average molecular weight is 266 g/mol. The fraction of sp³-hybridized carbons (Fsp3) is 1.00. The van der Waals surface area contributed by atoms with Crippen molar-refractivity contribution in [1.82, 2.24) is 10.2 Å². The molecule has 2 aliphatic carbocycles. The molecule has 0 aromatic rings. The zero-order chi connectivity index (χ0) is 13.3. The van der Waals surface area contributed by atoms with Gasteiger partial charge in [-0.2, -0.15) is 0 Å². The van der Waals surface area contributed by atoms with Crippen molar-refractivity contribution in [3.63, 3.8) is 0 Å². The van der Waals surface area contributed by atoms with E-state index in [0.717, 1.165) is 12.1 Å². The Hall–Kier alpha value is -0.0800. The van der Waals surface area contributed by atoms with Gasteiger partial charge in [-0.15, -0.1) is 0 Å². The molecule has 2 heteroatoms. The predicted octanol–water partition coefficient (Wildman–Crippen LogP) is 3.95. The molecule has 2 nitrogen and oxygen atoms in total. The van der Waals surface area contributed by atoms with Crippen LogP contribution in [-0.2, 0) is 0 Å². The van der Waals surface area contributed by atoms with Crippen molar-refractivity contribution >= 4 is 0 Å². The third-order valence-corrected chi connectivity index (χ3v) is 5.20. The van der Waals surface area contributed by atoms with Crippen LogP contribution in [-0.4, -0.2) is 37.1 Å². The van der Waals surface area contributed by atoms with Gasteiger partial charge in [0.2, 0.25) is 0 Å². The highest BCUT2D eigenvalue weighted by atomic mass is 15.1. The van der Waals surface area contributed by atoms with E-state index in [1.54, 1.807) is 0 Å². The Balaban J connectivity index is 1.60. The number of likely N-dealkylation sites (N-methyl/N-ethyl adjacent to an activating group) is 1. The maximum Gasteiger partial charge on any atom is 0.0107 e. The van der Waals surface area contributed by atoms with E-state index in [1.165, 1.54) is 90.1 Å². The largest absolute Gasteiger partial charge is 0.313 e. The van der Waals surface area contributed by atoms with Crippen LogP contribution in [0.3, 0.4) is 0 Å². The lowest BCUT2D eigenvalue weighted by Crippen LogP contribution is -2.39. The summed E-state index contributed by atoms with van der Waals surface area (Å²) in [4.78, 5) is 2.62. The molecule has 19 heavy (non-hydrogen) atoms. The second kappa shape index (κ2) is 8.97. The average Bonchev–Trinajstić information content (AvgIpc) is 2.83. The minimum atomic E-state index is 0.810. The van der Waals surface area contributed by atoms with Gasteiger partial charge in [0, 0.05) is 25.2 Å². The van der Waals surface area contributed by atoms with Crippen LogP contribution >= 0.6 is 0 Å². The summed E-state index contributed by atoms with van der Waals surface area (Å²) in [5.74, 6) is 0. The lowest BCUT2D eigenvalue weighted by Gasteiger charge is -2.28. The Morgan fingerprint density at radius 1 is 0.789 bits per heavy atom. The zero-order valence-electron chi connectivity index (χ0n) is 13.0. The van der Waals surface area contributed by atoms with E-state index in [-0.39, 0.29) is 0 Å². The molecule has 0 amide bonds. The van der Waals surface area contributed by atoms with Crippen LogP contribution in [0, 0.1) is 0 Å². The number of nitrogens with one attached hydrogen (secondary N) is 1. The molecule has 0 heterocycles. The fourth-order valence-corrected chi connectivity index (χ4v) is 3.81. The molecular formula is C17H34N2. The van der Waals surface area contributed by atoms with Gasteiger partial charge in [-0.05, 0) is 32.7 Å². The SMILES string of the molecule is CN(CCNC1CCCCCC1)C1CCCCCC1. The van der Waals surface area contributed by atoms with Crippen molar-refractivity contribution in [1.29, 1.82) is 0 Å². The van der Waals surface area contributed by atoms with Crippen molar-refractivity contribution in [2.24, 2.45) is 0 Å². The lowest BCUT2D eigenvalue weighted by atomic mass is 10.1. The van der Waals surface area contributed by atoms with E-state index < -0.39 is 0 Å². The van der Waals surface area contributed by atoms with Crippen LogP contribution in [0.15, 0.2) is 0 Å². The summed E-state index contributed by atoms with van der Waals surface area (Å²) in [7, 11) is 2.34. The van der Waals surface area contributed by atoms with Gasteiger partial charge in [-0.1, -0.05) is 51.4 Å². The maximum atomic E-state index is 3.81. The predicted molar refractivity (Wildman–Crippen MR) is 83.6 cm³/mol. The Bertz CT molecular complexity index is 213. The summed E-state index contributed by atoms with van der Waals surface area (Å²) in [6.07, 6.45) is 17.3. The van der Waals surface area contributed by atoms with Crippen molar-refractivity contribution in [2.45, 2.75) is 89.1 Å². The fourth-order valence-electron chi connectivity index (χ4n) is 3.81. The summed E-state index contributed by atoms with van der Waals surface area (Å²) in [5, 5.41) is 3.81. The summed E-state index contributed by atoms with van der Waals surface area (Å²) in [5.41, 5.74) is 0. The molecule has 112 valence electrons. The topological polar surface area (TPSA) is 15.3 Å². The first kappa shape index (κ1) is 15.3. The maximum absolute atomic E-state index is 3.81. The summed E-state index contributed by atoms with van der Waals surface area (Å²) < 4.78 is 0. The molecular weight excluding hydrogens is 232 g/mol. The first-order chi connectivity index (χ1) is 9.36. The zero-order valence-corrected chi connectivity index (χ0v) is 13.0. The van der Waals surface area contributed by atoms with E-state index in [9.17, 15) is 0 Å². The third kappa shape index (κ3) is 5.83. The van der Waals surface area contributed by atoms with Crippen LogP contribution in [0.2, 0.25) is 0 Å². The molecule has 0 spiro atoms. The van der Waals surface area contributed by atoms with E-state index in [0.29, 0.717) is 0 Å². The Morgan fingerprint density at radius 2 is 1.32 bits per heavy atom. The molecule has 0 unspecified atom stereocenters. The molecule has 0 saturated heterocycles. The lowest BCUT2D eigenvalue weighted by molar-refractivity contribution is 0.217. The van der Waals surface area contributed by atoms with Gasteiger partial charge < -0.3 is 10.2 Å². The van der Waals surface area contributed by atoms with Gasteiger partial charge in [0.15, 0.2) is 0 Å². The second-order valence-electron chi connectivity index (χ2n) is 6.77. The summed E-state index contributed by atoms with van der Waals surface area (Å²) in [6.45, 7) is 2.43. The van der Waals surface area contributed by atoms with E-state index in [2.05, 4.69) is 17.3 Å². The molecule has 0 atom stereocenters. The third-order valence-electron chi connectivity index (χ3n) is 5.20. The molecule has 0 aliphatic heterocycles.